The SMILES string of the molecule is CC[C@H](NC(=O)N1CCCc2c1cnn2C1CCCCC1)c1ccnc(S(C)(=O)=O)c1.[HH]. The van der Waals surface area contributed by atoms with E-state index in [4.69, 9.17) is 0 Å². The normalized spacial score (nSPS) is 18.5. The van der Waals surface area contributed by atoms with Crippen LogP contribution in [0.3, 0.4) is 0 Å². The number of aromatic nitrogens is 3. The Bertz CT molecular complexity index is 1050. The lowest BCUT2D eigenvalue weighted by atomic mass is 9.95. The smallest absolute Gasteiger partial charge is 0.322 e. The van der Waals surface area contributed by atoms with Crippen molar-refractivity contribution in [3.05, 3.63) is 35.8 Å². The van der Waals surface area contributed by atoms with Gasteiger partial charge in [0.05, 0.1) is 29.7 Å². The molecule has 0 spiro atoms. The van der Waals surface area contributed by atoms with Gasteiger partial charge in [-0.05, 0) is 49.8 Å². The molecule has 31 heavy (non-hydrogen) atoms. The highest BCUT2D eigenvalue weighted by Crippen LogP contribution is 2.34. The van der Waals surface area contributed by atoms with Crippen LogP contribution < -0.4 is 10.2 Å². The second kappa shape index (κ2) is 8.98. The molecule has 2 aliphatic rings. The minimum atomic E-state index is -3.41. The number of fused-ring (bicyclic) bond motifs is 1. The molecule has 1 aliphatic heterocycles. The monoisotopic (exact) mass is 447 g/mol. The molecule has 0 unspecified atom stereocenters. The largest absolute Gasteiger partial charge is 0.331 e. The molecular formula is C22H33N5O3S. The van der Waals surface area contributed by atoms with Crippen LogP contribution in [0, 0.1) is 0 Å². The van der Waals surface area contributed by atoms with E-state index < -0.39 is 9.84 Å². The molecule has 3 heterocycles. The minimum absolute atomic E-state index is 0. The summed E-state index contributed by atoms with van der Waals surface area (Å²) in [5.74, 6) is 0. The lowest BCUT2D eigenvalue weighted by Crippen LogP contribution is -2.44. The fourth-order valence-electron chi connectivity index (χ4n) is 4.72. The second-order valence-corrected chi connectivity index (χ2v) is 10.5. The Hall–Kier alpha value is -2.42. The van der Waals surface area contributed by atoms with Crippen molar-refractivity contribution < 1.29 is 14.6 Å². The highest BCUT2D eigenvalue weighted by molar-refractivity contribution is 7.90. The zero-order valence-electron chi connectivity index (χ0n) is 18.2. The van der Waals surface area contributed by atoms with Crippen LogP contribution in [0.1, 0.15) is 76.6 Å². The van der Waals surface area contributed by atoms with Gasteiger partial charge < -0.3 is 5.32 Å². The molecule has 2 aromatic heterocycles. The highest BCUT2D eigenvalue weighted by atomic mass is 32.2. The quantitative estimate of drug-likeness (QED) is 0.746. The van der Waals surface area contributed by atoms with Crippen LogP contribution in [0.15, 0.2) is 29.6 Å². The number of sulfone groups is 1. The number of nitrogens with one attached hydrogen (secondary N) is 1. The van der Waals surface area contributed by atoms with Crippen molar-refractivity contribution in [1.29, 1.82) is 0 Å². The molecule has 0 bridgehead atoms. The van der Waals surface area contributed by atoms with Gasteiger partial charge in [0, 0.05) is 20.4 Å². The molecule has 0 radical (unpaired) electrons. The Morgan fingerprint density at radius 2 is 2.06 bits per heavy atom. The summed E-state index contributed by atoms with van der Waals surface area (Å²) < 4.78 is 25.9. The van der Waals surface area contributed by atoms with Crippen LogP contribution >= 0.6 is 0 Å². The molecule has 1 fully saturated rings. The van der Waals surface area contributed by atoms with Crippen LogP contribution in [-0.2, 0) is 16.3 Å². The summed E-state index contributed by atoms with van der Waals surface area (Å²) >= 11 is 0. The topological polar surface area (TPSA) is 97.2 Å². The molecule has 2 amide bonds. The molecule has 4 rings (SSSR count). The molecule has 2 aromatic rings. The molecule has 1 saturated carbocycles. The first-order chi connectivity index (χ1) is 14.9. The van der Waals surface area contributed by atoms with Crippen LogP contribution in [-0.4, -0.2) is 42.0 Å². The van der Waals surface area contributed by atoms with Crippen molar-refractivity contribution >= 4 is 21.6 Å². The predicted octanol–water partition coefficient (Wildman–Crippen LogP) is 4.05. The first kappa shape index (κ1) is 21.8. The van der Waals surface area contributed by atoms with Gasteiger partial charge in [-0.1, -0.05) is 26.2 Å². The molecule has 8 nitrogen and oxygen atoms in total. The Morgan fingerprint density at radius 3 is 2.77 bits per heavy atom. The van der Waals surface area contributed by atoms with Gasteiger partial charge >= 0.3 is 6.03 Å². The third-order valence-electron chi connectivity index (χ3n) is 6.38. The van der Waals surface area contributed by atoms with E-state index in [1.54, 1.807) is 17.0 Å². The number of carbonyl (C=O) groups is 1. The molecule has 1 N–H and O–H groups in total. The van der Waals surface area contributed by atoms with Crippen molar-refractivity contribution in [2.24, 2.45) is 0 Å². The lowest BCUT2D eigenvalue weighted by molar-refractivity contribution is 0.241. The first-order valence-corrected chi connectivity index (χ1v) is 13.1. The first-order valence-electron chi connectivity index (χ1n) is 11.2. The summed E-state index contributed by atoms with van der Waals surface area (Å²) in [4.78, 5) is 19.0. The van der Waals surface area contributed by atoms with E-state index in [0.717, 1.165) is 48.9 Å². The van der Waals surface area contributed by atoms with Crippen molar-refractivity contribution in [3.63, 3.8) is 0 Å². The van der Waals surface area contributed by atoms with Crippen LogP contribution in [0.4, 0.5) is 10.5 Å². The highest BCUT2D eigenvalue weighted by Gasteiger charge is 2.30. The number of carbonyl (C=O) groups excluding carboxylic acids is 1. The third kappa shape index (κ3) is 4.61. The van der Waals surface area contributed by atoms with Crippen molar-refractivity contribution in [2.75, 3.05) is 17.7 Å². The Kier molecular flexibility index (Phi) is 6.31. The number of anilines is 1. The van der Waals surface area contributed by atoms with E-state index in [9.17, 15) is 13.2 Å². The number of nitrogens with zero attached hydrogens (tertiary/aromatic N) is 4. The van der Waals surface area contributed by atoms with Gasteiger partial charge in [-0.2, -0.15) is 5.10 Å². The molecule has 0 saturated heterocycles. The second-order valence-electron chi connectivity index (χ2n) is 8.58. The van der Waals surface area contributed by atoms with Gasteiger partial charge in [0.2, 0.25) is 0 Å². The summed E-state index contributed by atoms with van der Waals surface area (Å²) in [5, 5.41) is 7.78. The lowest BCUT2D eigenvalue weighted by Gasteiger charge is -2.31. The van der Waals surface area contributed by atoms with Gasteiger partial charge in [0.15, 0.2) is 14.9 Å². The summed E-state index contributed by atoms with van der Waals surface area (Å²) in [5.41, 5.74) is 2.79. The summed E-state index contributed by atoms with van der Waals surface area (Å²) in [6.07, 6.45) is 13.0. The average Bonchev–Trinajstić information content (AvgIpc) is 3.21. The minimum Gasteiger partial charge on any atom is -0.331 e. The molecule has 1 aliphatic carbocycles. The van der Waals surface area contributed by atoms with Crippen LogP contribution in [0.5, 0.6) is 0 Å². The Morgan fingerprint density at radius 1 is 1.29 bits per heavy atom. The average molecular weight is 448 g/mol. The number of rotatable bonds is 5. The van der Waals surface area contributed by atoms with Crippen molar-refractivity contribution in [3.8, 4) is 0 Å². The maximum Gasteiger partial charge on any atom is 0.322 e. The number of pyridine rings is 1. The van der Waals surface area contributed by atoms with Gasteiger partial charge in [-0.3, -0.25) is 9.58 Å². The number of hydrogen-bond donors (Lipinski definition) is 1. The molecule has 9 heteroatoms. The summed E-state index contributed by atoms with van der Waals surface area (Å²) in [6.45, 7) is 2.62. The number of hydrogen-bond acceptors (Lipinski definition) is 5. The van der Waals surface area contributed by atoms with Crippen molar-refractivity contribution in [2.45, 2.75) is 75.4 Å². The summed E-state index contributed by atoms with van der Waals surface area (Å²) in [6, 6.07) is 3.27. The Labute approximate surface area is 185 Å². The van der Waals surface area contributed by atoms with E-state index in [2.05, 4.69) is 20.1 Å². The number of amides is 2. The van der Waals surface area contributed by atoms with E-state index in [1.807, 2.05) is 13.1 Å². The van der Waals surface area contributed by atoms with Crippen molar-refractivity contribution in [1.82, 2.24) is 20.1 Å². The van der Waals surface area contributed by atoms with E-state index in [0.29, 0.717) is 19.0 Å². The van der Waals surface area contributed by atoms with Gasteiger partial charge in [-0.15, -0.1) is 0 Å². The molecule has 1 atom stereocenters. The Balaban J connectivity index is 0.00000289. The fourth-order valence-corrected chi connectivity index (χ4v) is 5.32. The van der Waals surface area contributed by atoms with Gasteiger partial charge in [0.25, 0.3) is 0 Å². The van der Waals surface area contributed by atoms with Crippen LogP contribution in [0.25, 0.3) is 0 Å². The standard InChI is InChI=1S/C22H31N5O3S.H2/c1-3-18(16-11-12-23-21(14-16)31(2,29)30)25-22(28)26-13-7-10-19-20(26)15-24-27(19)17-8-5-4-6-9-17;/h11-12,14-15,17-18H,3-10,13H2,1-2H3,(H,25,28);1H/t18-;/m0./s1. The van der Waals surface area contributed by atoms with Gasteiger partial charge in [0.1, 0.15) is 0 Å². The predicted molar refractivity (Wildman–Crippen MR) is 121 cm³/mol. The maximum atomic E-state index is 13.2. The third-order valence-corrected chi connectivity index (χ3v) is 7.36. The van der Waals surface area contributed by atoms with E-state index >= 15 is 0 Å². The van der Waals surface area contributed by atoms with E-state index in [-0.39, 0.29) is 18.5 Å². The zero-order chi connectivity index (χ0) is 22.0. The fraction of sp³-hybridized carbons (Fsp3) is 0.591. The molecule has 170 valence electrons. The van der Waals surface area contributed by atoms with Gasteiger partial charge in [-0.25, -0.2) is 18.2 Å². The van der Waals surface area contributed by atoms with Crippen LogP contribution in [0.2, 0.25) is 0 Å². The number of urea groups is 1. The zero-order valence-corrected chi connectivity index (χ0v) is 19.1. The van der Waals surface area contributed by atoms with E-state index in [1.165, 1.54) is 25.5 Å². The molecule has 0 aromatic carbocycles. The molecular weight excluding hydrogens is 414 g/mol. The summed E-state index contributed by atoms with van der Waals surface area (Å²) in [7, 11) is -3.41. The maximum absolute atomic E-state index is 13.2.